The topological polar surface area (TPSA) is 15.3 Å². The average Bonchev–Trinajstić information content (AvgIpc) is 2.30. The molecule has 0 radical (unpaired) electrons. The molecule has 2 unspecified atom stereocenters. The van der Waals surface area contributed by atoms with Gasteiger partial charge in [0.1, 0.15) is 0 Å². The van der Waals surface area contributed by atoms with Crippen molar-refractivity contribution in [1.29, 1.82) is 0 Å². The first-order chi connectivity index (χ1) is 7.75. The second-order valence-electron chi connectivity index (χ2n) is 6.06. The van der Waals surface area contributed by atoms with Crippen molar-refractivity contribution in [3.63, 3.8) is 0 Å². The lowest BCUT2D eigenvalue weighted by atomic mass is 9.85. The Morgan fingerprint density at radius 1 is 1.12 bits per heavy atom. The van der Waals surface area contributed by atoms with Crippen LogP contribution in [-0.2, 0) is 0 Å². The zero-order valence-electron chi connectivity index (χ0n) is 11.5. The van der Waals surface area contributed by atoms with Crippen LogP contribution < -0.4 is 5.32 Å². The van der Waals surface area contributed by atoms with E-state index in [1.54, 1.807) is 0 Å². The fraction of sp³-hybridized carbons (Fsp3) is 1.00. The maximum Gasteiger partial charge on any atom is 0.00948 e. The molecule has 2 atom stereocenters. The van der Waals surface area contributed by atoms with Gasteiger partial charge in [0, 0.05) is 12.6 Å². The second kappa shape index (κ2) is 7.60. The largest absolute Gasteiger partial charge is 0.317 e. The van der Waals surface area contributed by atoms with E-state index in [1.165, 1.54) is 58.2 Å². The van der Waals surface area contributed by atoms with E-state index in [1.807, 2.05) is 0 Å². The Bertz CT molecular complexity index is 204. The summed E-state index contributed by atoms with van der Waals surface area (Å²) in [7, 11) is 2.35. The van der Waals surface area contributed by atoms with E-state index in [4.69, 9.17) is 0 Å². The van der Waals surface area contributed by atoms with E-state index in [0.29, 0.717) is 0 Å². The number of rotatable bonds is 3. The van der Waals surface area contributed by atoms with Crippen molar-refractivity contribution < 1.29 is 0 Å². The molecular formula is C14H29ClN2. The minimum atomic E-state index is 0. The summed E-state index contributed by atoms with van der Waals surface area (Å²) in [5.74, 6) is 1.90. The fourth-order valence-corrected chi connectivity index (χ4v) is 3.42. The molecule has 0 amide bonds. The van der Waals surface area contributed by atoms with Gasteiger partial charge in [-0.2, -0.15) is 0 Å². The standard InChI is InChI=1S/C14H28N2.ClH/c1-12-4-3-5-14(10-12)16(2)11-13-6-8-15-9-7-13;/h12-15H,3-11H2,1-2H3;1H. The van der Waals surface area contributed by atoms with Crippen LogP contribution in [0.5, 0.6) is 0 Å². The summed E-state index contributed by atoms with van der Waals surface area (Å²) in [6.07, 6.45) is 8.53. The number of hydrogen-bond donors (Lipinski definition) is 1. The van der Waals surface area contributed by atoms with Gasteiger partial charge < -0.3 is 10.2 Å². The molecule has 1 N–H and O–H groups in total. The van der Waals surface area contributed by atoms with E-state index in [9.17, 15) is 0 Å². The maximum absolute atomic E-state index is 3.46. The third kappa shape index (κ3) is 4.76. The monoisotopic (exact) mass is 260 g/mol. The molecule has 3 heteroatoms. The molecule has 0 aromatic carbocycles. The van der Waals surface area contributed by atoms with E-state index in [-0.39, 0.29) is 12.4 Å². The molecular weight excluding hydrogens is 232 g/mol. The molecule has 1 saturated carbocycles. The first kappa shape index (κ1) is 15.3. The van der Waals surface area contributed by atoms with Gasteiger partial charge in [-0.15, -0.1) is 12.4 Å². The van der Waals surface area contributed by atoms with Crippen molar-refractivity contribution in [3.05, 3.63) is 0 Å². The number of nitrogens with zero attached hydrogens (tertiary/aromatic N) is 1. The third-order valence-corrected chi connectivity index (χ3v) is 4.54. The van der Waals surface area contributed by atoms with Gasteiger partial charge in [-0.05, 0) is 57.7 Å². The lowest BCUT2D eigenvalue weighted by Crippen LogP contribution is -2.41. The van der Waals surface area contributed by atoms with Crippen molar-refractivity contribution >= 4 is 12.4 Å². The van der Waals surface area contributed by atoms with Gasteiger partial charge in [0.05, 0.1) is 0 Å². The van der Waals surface area contributed by atoms with Crippen LogP contribution in [0, 0.1) is 11.8 Å². The molecule has 1 aliphatic heterocycles. The minimum absolute atomic E-state index is 0. The van der Waals surface area contributed by atoms with Crippen LogP contribution in [0.2, 0.25) is 0 Å². The average molecular weight is 261 g/mol. The second-order valence-corrected chi connectivity index (χ2v) is 6.06. The van der Waals surface area contributed by atoms with Gasteiger partial charge >= 0.3 is 0 Å². The Morgan fingerprint density at radius 3 is 2.47 bits per heavy atom. The van der Waals surface area contributed by atoms with E-state index >= 15 is 0 Å². The molecule has 1 aliphatic carbocycles. The highest BCUT2D eigenvalue weighted by Gasteiger charge is 2.24. The van der Waals surface area contributed by atoms with Crippen LogP contribution in [0.15, 0.2) is 0 Å². The first-order valence-electron chi connectivity index (χ1n) is 7.16. The number of nitrogens with one attached hydrogen (secondary N) is 1. The summed E-state index contributed by atoms with van der Waals surface area (Å²) in [5.41, 5.74) is 0. The van der Waals surface area contributed by atoms with Gasteiger partial charge in [0.25, 0.3) is 0 Å². The Hall–Kier alpha value is 0.210. The Labute approximate surface area is 113 Å². The van der Waals surface area contributed by atoms with Gasteiger partial charge in [-0.3, -0.25) is 0 Å². The van der Waals surface area contributed by atoms with Crippen molar-refractivity contribution in [2.45, 2.75) is 51.5 Å². The fourth-order valence-electron chi connectivity index (χ4n) is 3.42. The van der Waals surface area contributed by atoms with Crippen LogP contribution in [0.1, 0.15) is 45.4 Å². The Morgan fingerprint density at radius 2 is 1.82 bits per heavy atom. The molecule has 2 rings (SSSR count). The predicted molar refractivity (Wildman–Crippen MR) is 76.9 cm³/mol. The van der Waals surface area contributed by atoms with Crippen LogP contribution in [0.4, 0.5) is 0 Å². The summed E-state index contributed by atoms with van der Waals surface area (Å²) in [5, 5.41) is 3.46. The van der Waals surface area contributed by atoms with Crippen molar-refractivity contribution in [1.82, 2.24) is 10.2 Å². The highest BCUT2D eigenvalue weighted by atomic mass is 35.5. The molecule has 2 fully saturated rings. The van der Waals surface area contributed by atoms with Gasteiger partial charge in [-0.1, -0.05) is 19.8 Å². The molecule has 0 aromatic rings. The summed E-state index contributed by atoms with van der Waals surface area (Å²) in [6, 6.07) is 0.874. The lowest BCUT2D eigenvalue weighted by Gasteiger charge is -2.37. The zero-order valence-corrected chi connectivity index (χ0v) is 12.3. The summed E-state index contributed by atoms with van der Waals surface area (Å²) >= 11 is 0. The third-order valence-electron chi connectivity index (χ3n) is 4.54. The smallest absolute Gasteiger partial charge is 0.00948 e. The Kier molecular flexibility index (Phi) is 6.83. The zero-order chi connectivity index (χ0) is 11.4. The molecule has 1 saturated heterocycles. The van der Waals surface area contributed by atoms with Crippen molar-refractivity contribution in [3.8, 4) is 0 Å². The van der Waals surface area contributed by atoms with Crippen LogP contribution in [0.25, 0.3) is 0 Å². The number of piperidine rings is 1. The van der Waals surface area contributed by atoms with Crippen molar-refractivity contribution in [2.24, 2.45) is 11.8 Å². The molecule has 2 aliphatic rings. The molecule has 102 valence electrons. The minimum Gasteiger partial charge on any atom is -0.317 e. The van der Waals surface area contributed by atoms with E-state index in [0.717, 1.165) is 17.9 Å². The number of hydrogen-bond acceptors (Lipinski definition) is 2. The maximum atomic E-state index is 3.46. The highest BCUT2D eigenvalue weighted by Crippen LogP contribution is 2.27. The Balaban J connectivity index is 0.00000144. The van der Waals surface area contributed by atoms with Gasteiger partial charge in [0.2, 0.25) is 0 Å². The van der Waals surface area contributed by atoms with Crippen LogP contribution >= 0.6 is 12.4 Å². The predicted octanol–water partition coefficient (Wildman–Crippen LogP) is 2.92. The quantitative estimate of drug-likeness (QED) is 0.840. The molecule has 0 bridgehead atoms. The van der Waals surface area contributed by atoms with Gasteiger partial charge in [-0.25, -0.2) is 0 Å². The SMILES string of the molecule is CC1CCCC(N(C)CC2CCNCC2)C1.Cl. The normalized spacial score (nSPS) is 31.2. The van der Waals surface area contributed by atoms with E-state index < -0.39 is 0 Å². The molecule has 1 heterocycles. The highest BCUT2D eigenvalue weighted by molar-refractivity contribution is 5.85. The van der Waals surface area contributed by atoms with Crippen LogP contribution in [-0.4, -0.2) is 37.6 Å². The van der Waals surface area contributed by atoms with E-state index in [2.05, 4.69) is 24.2 Å². The first-order valence-corrected chi connectivity index (χ1v) is 7.16. The molecule has 0 aromatic heterocycles. The summed E-state index contributed by atoms with van der Waals surface area (Å²) in [4.78, 5) is 2.66. The molecule has 0 spiro atoms. The molecule has 17 heavy (non-hydrogen) atoms. The summed E-state index contributed by atoms with van der Waals surface area (Å²) in [6.45, 7) is 6.22. The van der Waals surface area contributed by atoms with Gasteiger partial charge in [0.15, 0.2) is 0 Å². The molecule has 2 nitrogen and oxygen atoms in total. The lowest BCUT2D eigenvalue weighted by molar-refractivity contribution is 0.134. The summed E-state index contributed by atoms with van der Waals surface area (Å²) < 4.78 is 0. The van der Waals surface area contributed by atoms with Crippen molar-refractivity contribution in [2.75, 3.05) is 26.7 Å². The van der Waals surface area contributed by atoms with Crippen LogP contribution in [0.3, 0.4) is 0 Å². The number of halogens is 1.